The van der Waals surface area contributed by atoms with Gasteiger partial charge in [-0.15, -0.1) is 0 Å². The highest BCUT2D eigenvalue weighted by Gasteiger charge is 2.25. The first-order valence-corrected chi connectivity index (χ1v) is 7.65. The van der Waals surface area contributed by atoms with Gasteiger partial charge < -0.3 is 15.7 Å². The molecule has 0 heterocycles. The molecule has 0 aromatic carbocycles. The molecule has 1 rings (SSSR count). The molecule has 0 bridgehead atoms. The Balaban J connectivity index is 2.23. The molecule has 1 fully saturated rings. The summed E-state index contributed by atoms with van der Waals surface area (Å²) in [5.41, 5.74) is 0. The molecule has 3 atom stereocenters. The fourth-order valence-corrected chi connectivity index (χ4v) is 2.94. The summed E-state index contributed by atoms with van der Waals surface area (Å²) in [6.07, 6.45) is 5.76. The number of carboxylic acid groups (broad SMARTS) is 1. The Morgan fingerprint density at radius 1 is 1.44 bits per heavy atom. The maximum atomic E-state index is 11.6. The standard InChI is InChI=1S/C12H22N2O3S/c1-3-8(11(15)16)7-13-12(17)14-9-4-5-10(6-9)18-2/h8-10H,3-7H2,1-2H3,(H,15,16)(H2,13,14,17). The smallest absolute Gasteiger partial charge is 0.315 e. The van der Waals surface area contributed by atoms with Crippen molar-refractivity contribution < 1.29 is 14.7 Å². The fraction of sp³-hybridized carbons (Fsp3) is 0.833. The molecule has 2 amide bonds. The molecule has 3 N–H and O–H groups in total. The van der Waals surface area contributed by atoms with Crippen LogP contribution in [0.5, 0.6) is 0 Å². The van der Waals surface area contributed by atoms with Crippen molar-refractivity contribution in [2.45, 2.75) is 43.9 Å². The van der Waals surface area contributed by atoms with E-state index in [4.69, 9.17) is 5.11 Å². The van der Waals surface area contributed by atoms with Gasteiger partial charge in [-0.1, -0.05) is 6.92 Å². The molecule has 1 aliphatic carbocycles. The molecule has 1 aliphatic rings. The zero-order chi connectivity index (χ0) is 13.5. The van der Waals surface area contributed by atoms with Crippen molar-refractivity contribution in [2.75, 3.05) is 12.8 Å². The van der Waals surface area contributed by atoms with Crippen molar-refractivity contribution in [1.82, 2.24) is 10.6 Å². The van der Waals surface area contributed by atoms with E-state index in [-0.39, 0.29) is 18.6 Å². The van der Waals surface area contributed by atoms with Crippen molar-refractivity contribution in [3.63, 3.8) is 0 Å². The number of hydrogen-bond acceptors (Lipinski definition) is 3. The lowest BCUT2D eigenvalue weighted by Crippen LogP contribution is -2.43. The van der Waals surface area contributed by atoms with Crippen LogP contribution in [-0.2, 0) is 4.79 Å². The summed E-state index contributed by atoms with van der Waals surface area (Å²) in [6.45, 7) is 1.99. The van der Waals surface area contributed by atoms with Crippen molar-refractivity contribution in [3.8, 4) is 0 Å². The Bertz CT molecular complexity index is 299. The van der Waals surface area contributed by atoms with Crippen LogP contribution in [0.15, 0.2) is 0 Å². The first-order chi connectivity index (χ1) is 8.56. The van der Waals surface area contributed by atoms with Crippen molar-refractivity contribution in [2.24, 2.45) is 5.92 Å². The quantitative estimate of drug-likeness (QED) is 0.688. The average molecular weight is 274 g/mol. The molecule has 1 saturated carbocycles. The largest absolute Gasteiger partial charge is 0.481 e. The number of aliphatic carboxylic acids is 1. The van der Waals surface area contributed by atoms with Crippen molar-refractivity contribution >= 4 is 23.8 Å². The topological polar surface area (TPSA) is 78.4 Å². The third-order valence-corrected chi connectivity index (χ3v) is 4.50. The van der Waals surface area contributed by atoms with E-state index in [1.54, 1.807) is 6.92 Å². The second-order valence-electron chi connectivity index (χ2n) is 4.67. The lowest BCUT2D eigenvalue weighted by atomic mass is 10.1. The molecule has 18 heavy (non-hydrogen) atoms. The molecule has 6 heteroatoms. The lowest BCUT2D eigenvalue weighted by Gasteiger charge is -2.15. The van der Waals surface area contributed by atoms with Crippen LogP contribution < -0.4 is 10.6 Å². The summed E-state index contributed by atoms with van der Waals surface area (Å²) >= 11 is 1.84. The first kappa shape index (κ1) is 15.1. The second-order valence-corrected chi connectivity index (χ2v) is 5.80. The number of carboxylic acids is 1. The van der Waals surface area contributed by atoms with Gasteiger partial charge in [-0.2, -0.15) is 11.8 Å². The Hall–Kier alpha value is -0.910. The van der Waals surface area contributed by atoms with Gasteiger partial charge in [-0.3, -0.25) is 4.79 Å². The van der Waals surface area contributed by atoms with E-state index in [1.807, 2.05) is 11.8 Å². The first-order valence-electron chi connectivity index (χ1n) is 6.36. The molecule has 104 valence electrons. The van der Waals surface area contributed by atoms with E-state index in [9.17, 15) is 9.59 Å². The molecule has 0 aliphatic heterocycles. The zero-order valence-corrected chi connectivity index (χ0v) is 11.8. The van der Waals surface area contributed by atoms with Crippen LogP contribution in [0.25, 0.3) is 0 Å². The molecular formula is C12H22N2O3S. The molecule has 0 aromatic rings. The highest BCUT2D eigenvalue weighted by atomic mass is 32.2. The molecule has 0 saturated heterocycles. The van der Waals surface area contributed by atoms with E-state index in [2.05, 4.69) is 16.9 Å². The van der Waals surface area contributed by atoms with E-state index in [1.165, 1.54) is 0 Å². The minimum atomic E-state index is -0.860. The van der Waals surface area contributed by atoms with Gasteiger partial charge in [0.2, 0.25) is 0 Å². The number of hydrogen-bond donors (Lipinski definition) is 3. The Labute approximate surface area is 112 Å². The minimum absolute atomic E-state index is 0.191. The van der Waals surface area contributed by atoms with Crippen LogP contribution in [0.4, 0.5) is 4.79 Å². The third kappa shape index (κ3) is 4.76. The maximum Gasteiger partial charge on any atom is 0.315 e. The molecule has 0 aromatic heterocycles. The second kappa shape index (κ2) is 7.51. The molecule has 0 radical (unpaired) electrons. The van der Waals surface area contributed by atoms with Gasteiger partial charge in [0.05, 0.1) is 5.92 Å². The van der Waals surface area contributed by atoms with E-state index < -0.39 is 11.9 Å². The molecule has 5 nitrogen and oxygen atoms in total. The average Bonchev–Trinajstić information content (AvgIpc) is 2.77. The number of carbonyl (C=O) groups is 2. The third-order valence-electron chi connectivity index (χ3n) is 3.40. The summed E-state index contributed by atoms with van der Waals surface area (Å²) in [4.78, 5) is 22.4. The van der Waals surface area contributed by atoms with Gasteiger partial charge >= 0.3 is 12.0 Å². The van der Waals surface area contributed by atoms with Gasteiger partial charge in [-0.25, -0.2) is 4.79 Å². The Kier molecular flexibility index (Phi) is 6.32. The van der Waals surface area contributed by atoms with Crippen molar-refractivity contribution in [1.29, 1.82) is 0 Å². The summed E-state index contributed by atoms with van der Waals surface area (Å²) in [5.74, 6) is -1.36. The normalized spacial score (nSPS) is 24.6. The Morgan fingerprint density at radius 2 is 2.17 bits per heavy atom. The summed E-state index contributed by atoms with van der Waals surface area (Å²) < 4.78 is 0. The van der Waals surface area contributed by atoms with E-state index >= 15 is 0 Å². The number of nitrogens with one attached hydrogen (secondary N) is 2. The maximum absolute atomic E-state index is 11.6. The number of amides is 2. The van der Waals surface area contributed by atoms with E-state index in [0.29, 0.717) is 11.7 Å². The SMILES string of the molecule is CCC(CNC(=O)NC1CCC(SC)C1)C(=O)O. The van der Waals surface area contributed by atoms with Gasteiger partial charge in [-0.05, 0) is 31.9 Å². The van der Waals surface area contributed by atoms with Crippen LogP contribution in [0.3, 0.4) is 0 Å². The van der Waals surface area contributed by atoms with Crippen LogP contribution in [-0.4, -0.2) is 41.2 Å². The summed E-state index contributed by atoms with van der Waals surface area (Å²) in [5, 5.41) is 15.0. The zero-order valence-electron chi connectivity index (χ0n) is 10.9. The predicted octanol–water partition coefficient (Wildman–Crippen LogP) is 1.68. The van der Waals surface area contributed by atoms with Crippen LogP contribution >= 0.6 is 11.8 Å². The van der Waals surface area contributed by atoms with Gasteiger partial charge in [0.1, 0.15) is 0 Å². The molecule has 0 spiro atoms. The van der Waals surface area contributed by atoms with Crippen LogP contribution in [0.2, 0.25) is 0 Å². The number of thioether (sulfide) groups is 1. The van der Waals surface area contributed by atoms with Gasteiger partial charge in [0.15, 0.2) is 0 Å². The summed E-state index contributed by atoms with van der Waals surface area (Å²) in [6, 6.07) is -0.0196. The number of carbonyl (C=O) groups excluding carboxylic acids is 1. The lowest BCUT2D eigenvalue weighted by molar-refractivity contribution is -0.141. The number of urea groups is 1. The fourth-order valence-electron chi connectivity index (χ4n) is 2.14. The van der Waals surface area contributed by atoms with Gasteiger partial charge in [0.25, 0.3) is 0 Å². The monoisotopic (exact) mass is 274 g/mol. The highest BCUT2D eigenvalue weighted by Crippen LogP contribution is 2.27. The van der Waals surface area contributed by atoms with Crippen molar-refractivity contribution in [3.05, 3.63) is 0 Å². The highest BCUT2D eigenvalue weighted by molar-refractivity contribution is 7.99. The number of rotatable bonds is 6. The van der Waals surface area contributed by atoms with E-state index in [0.717, 1.165) is 19.3 Å². The van der Waals surface area contributed by atoms with Crippen LogP contribution in [0, 0.1) is 5.92 Å². The van der Waals surface area contributed by atoms with Crippen LogP contribution in [0.1, 0.15) is 32.6 Å². The van der Waals surface area contributed by atoms with Gasteiger partial charge in [0, 0.05) is 17.8 Å². The minimum Gasteiger partial charge on any atom is -0.481 e. The summed E-state index contributed by atoms with van der Waals surface area (Å²) in [7, 11) is 0. The molecular weight excluding hydrogens is 252 g/mol. The predicted molar refractivity (Wildman–Crippen MR) is 72.9 cm³/mol. The molecule has 3 unspecified atom stereocenters. The Morgan fingerprint density at radius 3 is 2.67 bits per heavy atom.